The Labute approximate surface area is 193 Å². The summed E-state index contributed by atoms with van der Waals surface area (Å²) >= 11 is 6.41. The zero-order chi connectivity index (χ0) is 24.1. The van der Waals surface area contributed by atoms with E-state index in [1.807, 2.05) is 0 Å². The Morgan fingerprint density at radius 1 is 1.12 bits per heavy atom. The summed E-state index contributed by atoms with van der Waals surface area (Å²) in [5, 5.41) is 2.91. The highest BCUT2D eigenvalue weighted by Crippen LogP contribution is 2.42. The summed E-state index contributed by atoms with van der Waals surface area (Å²) in [4.78, 5) is 51.2. The maximum absolute atomic E-state index is 13.1. The van der Waals surface area contributed by atoms with Crippen LogP contribution in [0, 0.1) is 5.92 Å². The number of hydrogen-bond acceptors (Lipinski definition) is 6. The fourth-order valence-electron chi connectivity index (χ4n) is 3.98. The molecule has 176 valence electrons. The number of halogens is 1. The molecule has 9 heteroatoms. The van der Waals surface area contributed by atoms with Gasteiger partial charge >= 0.3 is 12.1 Å². The first-order chi connectivity index (χ1) is 15.0. The second-order valence-corrected chi connectivity index (χ2v) is 8.75. The molecular formula is C23H31ClN2O6. The number of amides is 2. The molecule has 1 aliphatic carbocycles. The SMILES string of the molecule is CC(=O)NC(C(=O)OC(C)OC(=O)N(C)[C@@]1(c2ccccc2Cl)CCCCC1=O)C(C)C. The Morgan fingerprint density at radius 2 is 1.78 bits per heavy atom. The maximum Gasteiger partial charge on any atom is 0.413 e. The van der Waals surface area contributed by atoms with Crippen molar-refractivity contribution in [3.8, 4) is 0 Å². The number of ketones is 1. The number of rotatable bonds is 7. The molecule has 0 radical (unpaired) electrons. The van der Waals surface area contributed by atoms with Gasteiger partial charge in [-0.1, -0.05) is 43.6 Å². The molecule has 2 amide bonds. The summed E-state index contributed by atoms with van der Waals surface area (Å²) in [6.45, 7) is 6.22. The predicted octanol–water partition coefficient (Wildman–Crippen LogP) is 3.80. The normalized spacial score (nSPS) is 20.3. The summed E-state index contributed by atoms with van der Waals surface area (Å²) in [7, 11) is 1.48. The van der Waals surface area contributed by atoms with Crippen LogP contribution in [0.1, 0.15) is 58.9 Å². The monoisotopic (exact) mass is 466 g/mol. The standard InChI is InChI=1S/C23H31ClN2O6/c1-14(2)20(25-15(3)27)21(29)31-16(4)32-22(30)26(5)23(13-9-8-12-19(23)28)17-10-6-7-11-18(17)24/h6-7,10-11,14,16,20H,8-9,12-13H2,1-5H3,(H,25,27)/t16?,20?,23-/m1/s1. The Bertz CT molecular complexity index is 874. The molecule has 2 rings (SSSR count). The van der Waals surface area contributed by atoms with Crippen LogP contribution in [0.25, 0.3) is 0 Å². The van der Waals surface area contributed by atoms with Gasteiger partial charge in [0.25, 0.3) is 0 Å². The lowest BCUT2D eigenvalue weighted by atomic mass is 9.74. The number of Topliss-reactive ketones (excluding diaryl/α,β-unsaturated/α-hetero) is 1. The van der Waals surface area contributed by atoms with Crippen molar-refractivity contribution in [2.24, 2.45) is 5.92 Å². The van der Waals surface area contributed by atoms with Crippen LogP contribution >= 0.6 is 11.6 Å². The minimum Gasteiger partial charge on any atom is -0.424 e. The minimum absolute atomic E-state index is 0.119. The third-order valence-electron chi connectivity index (χ3n) is 5.65. The van der Waals surface area contributed by atoms with Crippen molar-refractivity contribution < 1.29 is 28.7 Å². The van der Waals surface area contributed by atoms with Crippen LogP contribution in [0.2, 0.25) is 5.02 Å². The molecule has 32 heavy (non-hydrogen) atoms. The maximum atomic E-state index is 13.1. The lowest BCUT2D eigenvalue weighted by Crippen LogP contribution is -2.55. The molecule has 1 aromatic carbocycles. The van der Waals surface area contributed by atoms with E-state index in [9.17, 15) is 19.2 Å². The molecule has 0 aromatic heterocycles. The highest BCUT2D eigenvalue weighted by Gasteiger charge is 2.49. The molecule has 2 unspecified atom stereocenters. The summed E-state index contributed by atoms with van der Waals surface area (Å²) in [6.07, 6.45) is 0.164. The van der Waals surface area contributed by atoms with Gasteiger partial charge in [0.15, 0.2) is 5.78 Å². The van der Waals surface area contributed by atoms with Gasteiger partial charge in [0.1, 0.15) is 11.6 Å². The summed E-state index contributed by atoms with van der Waals surface area (Å²) in [6, 6.07) is 6.06. The Balaban J connectivity index is 2.20. The van der Waals surface area contributed by atoms with Crippen LogP contribution in [0.3, 0.4) is 0 Å². The molecule has 0 saturated heterocycles. The molecule has 0 bridgehead atoms. The number of nitrogens with one attached hydrogen (secondary N) is 1. The highest BCUT2D eigenvalue weighted by molar-refractivity contribution is 6.31. The second kappa shape index (κ2) is 10.8. The van der Waals surface area contributed by atoms with Crippen molar-refractivity contribution in [3.63, 3.8) is 0 Å². The van der Waals surface area contributed by atoms with Crippen LogP contribution in [0.15, 0.2) is 24.3 Å². The van der Waals surface area contributed by atoms with Gasteiger partial charge in [-0.15, -0.1) is 0 Å². The fraction of sp³-hybridized carbons (Fsp3) is 0.565. The van der Waals surface area contributed by atoms with E-state index in [1.165, 1.54) is 25.8 Å². The second-order valence-electron chi connectivity index (χ2n) is 8.34. The zero-order valence-corrected chi connectivity index (χ0v) is 19.9. The lowest BCUT2D eigenvalue weighted by Gasteiger charge is -2.43. The molecule has 0 aliphatic heterocycles. The topological polar surface area (TPSA) is 102 Å². The molecule has 1 saturated carbocycles. The smallest absolute Gasteiger partial charge is 0.413 e. The number of esters is 1. The average molecular weight is 467 g/mol. The largest absolute Gasteiger partial charge is 0.424 e. The number of benzene rings is 1. The Morgan fingerprint density at radius 3 is 2.34 bits per heavy atom. The highest BCUT2D eigenvalue weighted by atomic mass is 35.5. The van der Waals surface area contributed by atoms with Gasteiger partial charge in [-0.05, 0) is 31.2 Å². The van der Waals surface area contributed by atoms with Gasteiger partial charge in [0.2, 0.25) is 12.2 Å². The summed E-state index contributed by atoms with van der Waals surface area (Å²) < 4.78 is 10.6. The van der Waals surface area contributed by atoms with Crippen molar-refractivity contribution >= 4 is 35.4 Å². The van der Waals surface area contributed by atoms with E-state index < -0.39 is 29.9 Å². The van der Waals surface area contributed by atoms with Crippen LogP contribution < -0.4 is 5.32 Å². The number of hydrogen-bond donors (Lipinski definition) is 1. The molecular weight excluding hydrogens is 436 g/mol. The molecule has 1 fully saturated rings. The van der Waals surface area contributed by atoms with Crippen molar-refractivity contribution in [2.75, 3.05) is 7.05 Å². The molecule has 8 nitrogen and oxygen atoms in total. The average Bonchev–Trinajstić information content (AvgIpc) is 2.72. The fourth-order valence-corrected chi connectivity index (χ4v) is 4.28. The molecule has 0 spiro atoms. The van der Waals surface area contributed by atoms with Crippen molar-refractivity contribution in [1.82, 2.24) is 10.2 Å². The minimum atomic E-state index is -1.26. The molecule has 1 aliphatic rings. The predicted molar refractivity (Wildman–Crippen MR) is 119 cm³/mol. The van der Waals surface area contributed by atoms with Gasteiger partial charge in [-0.2, -0.15) is 0 Å². The zero-order valence-electron chi connectivity index (χ0n) is 19.1. The molecule has 1 N–H and O–H groups in total. The Hall–Kier alpha value is -2.61. The third kappa shape index (κ3) is 5.59. The summed E-state index contributed by atoms with van der Waals surface area (Å²) in [5.41, 5.74) is -0.713. The number of nitrogens with zero attached hydrogens (tertiary/aromatic N) is 1. The van der Waals surface area contributed by atoms with E-state index in [1.54, 1.807) is 38.1 Å². The van der Waals surface area contributed by atoms with Crippen LogP contribution in [-0.2, 0) is 29.4 Å². The third-order valence-corrected chi connectivity index (χ3v) is 5.98. The van der Waals surface area contributed by atoms with Crippen LogP contribution in [0.5, 0.6) is 0 Å². The molecule has 0 heterocycles. The van der Waals surface area contributed by atoms with E-state index in [2.05, 4.69) is 5.32 Å². The number of carbonyl (C=O) groups is 4. The number of ether oxygens (including phenoxy) is 2. The first-order valence-corrected chi connectivity index (χ1v) is 11.1. The number of likely N-dealkylation sites (N-methyl/N-ethyl adjacent to an activating group) is 1. The number of carbonyl (C=O) groups excluding carboxylic acids is 4. The molecule has 1 aromatic rings. The van der Waals surface area contributed by atoms with Gasteiger partial charge in [0.05, 0.1) is 0 Å². The van der Waals surface area contributed by atoms with Crippen molar-refractivity contribution in [1.29, 1.82) is 0 Å². The van der Waals surface area contributed by atoms with E-state index in [0.29, 0.717) is 23.4 Å². The molecule has 3 atom stereocenters. The first-order valence-electron chi connectivity index (χ1n) is 10.7. The van der Waals surface area contributed by atoms with Crippen LogP contribution in [0.4, 0.5) is 4.79 Å². The lowest BCUT2D eigenvalue weighted by molar-refractivity contribution is -0.172. The van der Waals surface area contributed by atoms with Gasteiger partial charge in [-0.25, -0.2) is 9.59 Å². The van der Waals surface area contributed by atoms with Gasteiger partial charge in [-0.3, -0.25) is 14.5 Å². The van der Waals surface area contributed by atoms with Gasteiger partial charge in [0, 0.05) is 37.9 Å². The van der Waals surface area contributed by atoms with E-state index in [0.717, 1.165) is 12.8 Å². The summed E-state index contributed by atoms with van der Waals surface area (Å²) in [5.74, 6) is -1.43. The Kier molecular flexibility index (Phi) is 8.66. The quantitative estimate of drug-likeness (QED) is 0.484. The van der Waals surface area contributed by atoms with E-state index in [-0.39, 0.29) is 17.6 Å². The van der Waals surface area contributed by atoms with Crippen LogP contribution in [-0.4, -0.2) is 48.0 Å². The van der Waals surface area contributed by atoms with E-state index >= 15 is 0 Å². The van der Waals surface area contributed by atoms with Crippen molar-refractivity contribution in [2.45, 2.75) is 71.2 Å². The van der Waals surface area contributed by atoms with E-state index in [4.69, 9.17) is 21.1 Å². The van der Waals surface area contributed by atoms with Gasteiger partial charge < -0.3 is 14.8 Å². The van der Waals surface area contributed by atoms with Crippen molar-refractivity contribution in [3.05, 3.63) is 34.9 Å². The first kappa shape index (κ1) is 25.6.